The van der Waals surface area contributed by atoms with Gasteiger partial charge in [-0.3, -0.25) is 19.3 Å². The van der Waals surface area contributed by atoms with Crippen LogP contribution in [0.5, 0.6) is 0 Å². The highest BCUT2D eigenvalue weighted by molar-refractivity contribution is 8.00. The van der Waals surface area contributed by atoms with Crippen molar-refractivity contribution in [3.63, 3.8) is 0 Å². The van der Waals surface area contributed by atoms with E-state index in [2.05, 4.69) is 0 Å². The molecule has 1 atom stereocenters. The van der Waals surface area contributed by atoms with E-state index in [9.17, 15) is 14.4 Å². The number of benzene rings is 1. The van der Waals surface area contributed by atoms with E-state index >= 15 is 0 Å². The Morgan fingerprint density at radius 2 is 1.71 bits per heavy atom. The third kappa shape index (κ3) is 3.10. The van der Waals surface area contributed by atoms with Crippen molar-refractivity contribution in [2.75, 3.05) is 12.3 Å². The zero-order valence-corrected chi connectivity index (χ0v) is 12.7. The number of thioether (sulfide) groups is 1. The highest BCUT2D eigenvalue weighted by Gasteiger charge is 2.35. The van der Waals surface area contributed by atoms with Crippen LogP contribution in [0.2, 0.25) is 0 Å². The average molecular weight is 307 g/mol. The van der Waals surface area contributed by atoms with Gasteiger partial charge in [0.2, 0.25) is 0 Å². The van der Waals surface area contributed by atoms with E-state index in [1.807, 2.05) is 13.8 Å². The Morgan fingerprint density at radius 1 is 1.19 bits per heavy atom. The Labute approximate surface area is 127 Å². The number of rotatable bonds is 6. The quantitative estimate of drug-likeness (QED) is 0.815. The molecule has 112 valence electrons. The van der Waals surface area contributed by atoms with Crippen molar-refractivity contribution in [1.29, 1.82) is 0 Å². The summed E-state index contributed by atoms with van der Waals surface area (Å²) in [5.74, 6) is -1.05. The topological polar surface area (TPSA) is 74.7 Å². The van der Waals surface area contributed by atoms with Gasteiger partial charge in [0.25, 0.3) is 11.8 Å². The second-order valence-electron chi connectivity index (χ2n) is 5.18. The van der Waals surface area contributed by atoms with Gasteiger partial charge in [-0.2, -0.15) is 0 Å². The van der Waals surface area contributed by atoms with E-state index in [1.165, 1.54) is 16.7 Å². The molecule has 0 spiro atoms. The summed E-state index contributed by atoms with van der Waals surface area (Å²) >= 11 is 1.26. The number of imide groups is 1. The van der Waals surface area contributed by atoms with Crippen molar-refractivity contribution in [2.24, 2.45) is 5.92 Å². The van der Waals surface area contributed by atoms with Crippen molar-refractivity contribution in [3.8, 4) is 0 Å². The van der Waals surface area contributed by atoms with Gasteiger partial charge in [0, 0.05) is 12.3 Å². The minimum Gasteiger partial charge on any atom is -0.480 e. The smallest absolute Gasteiger partial charge is 0.316 e. The molecule has 1 heterocycles. The van der Waals surface area contributed by atoms with Gasteiger partial charge in [-0.1, -0.05) is 26.0 Å². The summed E-state index contributed by atoms with van der Waals surface area (Å²) in [4.78, 5) is 36.6. The van der Waals surface area contributed by atoms with E-state index < -0.39 is 11.2 Å². The molecule has 1 aromatic rings. The van der Waals surface area contributed by atoms with Gasteiger partial charge < -0.3 is 5.11 Å². The number of carboxylic acids is 1. The Kier molecular flexibility index (Phi) is 4.67. The zero-order valence-electron chi connectivity index (χ0n) is 11.9. The molecule has 0 aliphatic carbocycles. The number of aliphatic carboxylic acids is 1. The van der Waals surface area contributed by atoms with Gasteiger partial charge in [-0.25, -0.2) is 0 Å². The summed E-state index contributed by atoms with van der Waals surface area (Å²) in [7, 11) is 0. The summed E-state index contributed by atoms with van der Waals surface area (Å²) in [6.45, 7) is 3.91. The summed E-state index contributed by atoms with van der Waals surface area (Å²) in [6.07, 6.45) is 0. The van der Waals surface area contributed by atoms with Crippen LogP contribution in [0.25, 0.3) is 0 Å². The molecule has 0 radical (unpaired) electrons. The molecule has 5 nitrogen and oxygen atoms in total. The van der Waals surface area contributed by atoms with Crippen LogP contribution >= 0.6 is 11.8 Å². The monoisotopic (exact) mass is 307 g/mol. The minimum absolute atomic E-state index is 0.00493. The molecule has 1 aromatic carbocycles. The third-order valence-corrected chi connectivity index (χ3v) is 4.86. The first-order chi connectivity index (χ1) is 9.93. The number of carboxylic acid groups (broad SMARTS) is 1. The molecular formula is C15H17NO4S. The van der Waals surface area contributed by atoms with Crippen LogP contribution in [0.1, 0.15) is 34.6 Å². The fraction of sp³-hybridized carbons (Fsp3) is 0.400. The number of hydrogen-bond donors (Lipinski definition) is 1. The number of carbonyl (C=O) groups is 3. The molecule has 2 rings (SSSR count). The predicted octanol–water partition coefficient (Wildman–Crippen LogP) is 2.12. The lowest BCUT2D eigenvalue weighted by molar-refractivity contribution is -0.137. The van der Waals surface area contributed by atoms with E-state index in [4.69, 9.17) is 5.11 Å². The summed E-state index contributed by atoms with van der Waals surface area (Å²) in [6, 6.07) is 6.72. The average Bonchev–Trinajstić information content (AvgIpc) is 2.67. The second kappa shape index (κ2) is 6.30. The van der Waals surface area contributed by atoms with Gasteiger partial charge in [-0.15, -0.1) is 11.8 Å². The molecule has 2 amide bonds. The van der Waals surface area contributed by atoms with Crippen LogP contribution < -0.4 is 0 Å². The largest absolute Gasteiger partial charge is 0.480 e. The van der Waals surface area contributed by atoms with E-state index in [-0.39, 0.29) is 24.3 Å². The van der Waals surface area contributed by atoms with Gasteiger partial charge in [0.05, 0.1) is 11.1 Å². The first kappa shape index (κ1) is 15.6. The number of fused-ring (bicyclic) bond motifs is 1. The molecule has 1 unspecified atom stereocenters. The summed E-state index contributed by atoms with van der Waals surface area (Å²) in [5, 5.41) is 8.59. The molecule has 6 heteroatoms. The van der Waals surface area contributed by atoms with Crippen molar-refractivity contribution in [1.82, 2.24) is 4.90 Å². The maximum absolute atomic E-state index is 12.1. The molecule has 21 heavy (non-hydrogen) atoms. The van der Waals surface area contributed by atoms with Crippen LogP contribution in [-0.4, -0.2) is 45.3 Å². The fourth-order valence-electron chi connectivity index (χ4n) is 2.26. The lowest BCUT2D eigenvalue weighted by Crippen LogP contribution is -2.33. The highest BCUT2D eigenvalue weighted by atomic mass is 32.2. The standard InChI is InChI=1S/C15H17NO4S/c1-9(2)12(15(19)20)21-8-7-16-13(17)10-5-3-4-6-11(10)14(16)18/h3-6,9,12H,7-8H2,1-2H3,(H,19,20). The van der Waals surface area contributed by atoms with Gasteiger partial charge >= 0.3 is 5.97 Å². The van der Waals surface area contributed by atoms with Gasteiger partial charge in [0.15, 0.2) is 0 Å². The Hall–Kier alpha value is -1.82. The Balaban J connectivity index is 1.98. The first-order valence-corrected chi connectivity index (χ1v) is 7.78. The predicted molar refractivity (Wildman–Crippen MR) is 80.5 cm³/mol. The van der Waals surface area contributed by atoms with Crippen molar-refractivity contribution in [2.45, 2.75) is 19.1 Å². The van der Waals surface area contributed by atoms with Gasteiger partial charge in [-0.05, 0) is 18.1 Å². The number of amides is 2. The maximum Gasteiger partial charge on any atom is 0.316 e. The fourth-order valence-corrected chi connectivity index (χ4v) is 3.33. The minimum atomic E-state index is -0.864. The Bertz CT molecular complexity index is 550. The third-order valence-electron chi connectivity index (χ3n) is 3.34. The second-order valence-corrected chi connectivity index (χ2v) is 6.43. The number of carbonyl (C=O) groups excluding carboxylic acids is 2. The van der Waals surface area contributed by atoms with E-state index in [0.29, 0.717) is 16.9 Å². The van der Waals surface area contributed by atoms with Crippen LogP contribution in [-0.2, 0) is 4.79 Å². The van der Waals surface area contributed by atoms with Crippen LogP contribution in [0.4, 0.5) is 0 Å². The zero-order chi connectivity index (χ0) is 15.6. The van der Waals surface area contributed by atoms with E-state index in [0.717, 1.165) is 0 Å². The normalized spacial score (nSPS) is 15.5. The molecule has 0 saturated heterocycles. The maximum atomic E-state index is 12.1. The molecule has 1 N–H and O–H groups in total. The molecule has 0 fully saturated rings. The van der Waals surface area contributed by atoms with Crippen molar-refractivity contribution < 1.29 is 19.5 Å². The van der Waals surface area contributed by atoms with Crippen molar-refractivity contribution in [3.05, 3.63) is 35.4 Å². The first-order valence-electron chi connectivity index (χ1n) is 6.73. The van der Waals surface area contributed by atoms with Crippen LogP contribution in [0.3, 0.4) is 0 Å². The molecule has 0 saturated carbocycles. The molecule has 0 aromatic heterocycles. The summed E-state index contributed by atoms with van der Waals surface area (Å²) in [5.41, 5.74) is 0.845. The van der Waals surface area contributed by atoms with Crippen molar-refractivity contribution >= 4 is 29.5 Å². The number of nitrogens with zero attached hydrogens (tertiary/aromatic N) is 1. The SMILES string of the molecule is CC(C)C(SCCN1C(=O)c2ccccc2C1=O)C(=O)O. The molecule has 1 aliphatic rings. The molecule has 0 bridgehead atoms. The lowest BCUT2D eigenvalue weighted by Gasteiger charge is -2.18. The molecule has 1 aliphatic heterocycles. The highest BCUT2D eigenvalue weighted by Crippen LogP contribution is 2.24. The lowest BCUT2D eigenvalue weighted by atomic mass is 10.1. The number of hydrogen-bond acceptors (Lipinski definition) is 4. The Morgan fingerprint density at radius 3 is 2.14 bits per heavy atom. The van der Waals surface area contributed by atoms with Gasteiger partial charge in [0.1, 0.15) is 5.25 Å². The van der Waals surface area contributed by atoms with E-state index in [1.54, 1.807) is 24.3 Å². The molecular weight excluding hydrogens is 290 g/mol. The summed E-state index contributed by atoms with van der Waals surface area (Å²) < 4.78 is 0. The van der Waals surface area contributed by atoms with Crippen LogP contribution in [0, 0.1) is 5.92 Å². The van der Waals surface area contributed by atoms with Crippen LogP contribution in [0.15, 0.2) is 24.3 Å².